The predicted octanol–water partition coefficient (Wildman–Crippen LogP) is 1.62. The molecule has 1 amide bonds. The number of hydrogen-bond donors (Lipinski definition) is 2. The molecule has 0 saturated heterocycles. The summed E-state index contributed by atoms with van der Waals surface area (Å²) in [6.07, 6.45) is 0.470. The number of fused-ring (bicyclic) bond motifs is 1. The molecule has 20 heavy (non-hydrogen) atoms. The largest absolute Gasteiger partial charge is 0.478 e. The number of amides is 1. The van der Waals surface area contributed by atoms with Crippen LogP contribution in [-0.4, -0.2) is 34.5 Å². The van der Waals surface area contributed by atoms with Gasteiger partial charge in [-0.25, -0.2) is 4.79 Å². The standard InChI is InChI=1S/C15H20N2O3/c1-10(2)16-6-5-14(18)17-8-12-4-3-11(15(19)20)7-13(12)9-17/h3-4,7,10,16H,5-6,8-9H2,1-2H3,(H,19,20). The van der Waals surface area contributed by atoms with Gasteiger partial charge in [0.1, 0.15) is 0 Å². The van der Waals surface area contributed by atoms with Gasteiger partial charge in [0.15, 0.2) is 0 Å². The fraction of sp³-hybridized carbons (Fsp3) is 0.467. The molecule has 0 aromatic heterocycles. The minimum atomic E-state index is -0.932. The van der Waals surface area contributed by atoms with Gasteiger partial charge in [-0.15, -0.1) is 0 Å². The molecular formula is C15H20N2O3. The molecule has 108 valence electrons. The Bertz CT molecular complexity index is 526. The maximum atomic E-state index is 12.1. The van der Waals surface area contributed by atoms with E-state index in [0.29, 0.717) is 32.1 Å². The second-order valence-corrected chi connectivity index (χ2v) is 5.40. The van der Waals surface area contributed by atoms with Gasteiger partial charge in [0.05, 0.1) is 5.56 Å². The molecule has 0 aliphatic carbocycles. The molecule has 5 heteroatoms. The van der Waals surface area contributed by atoms with Crippen molar-refractivity contribution < 1.29 is 14.7 Å². The van der Waals surface area contributed by atoms with E-state index in [-0.39, 0.29) is 11.5 Å². The third-order valence-electron chi connectivity index (χ3n) is 3.42. The van der Waals surface area contributed by atoms with Crippen LogP contribution < -0.4 is 5.32 Å². The molecule has 0 unspecified atom stereocenters. The van der Waals surface area contributed by atoms with E-state index in [0.717, 1.165) is 11.1 Å². The Balaban J connectivity index is 1.95. The van der Waals surface area contributed by atoms with Crippen LogP contribution in [0.1, 0.15) is 41.8 Å². The smallest absolute Gasteiger partial charge is 0.335 e. The summed E-state index contributed by atoms with van der Waals surface area (Å²) in [7, 11) is 0. The zero-order chi connectivity index (χ0) is 14.7. The highest BCUT2D eigenvalue weighted by molar-refractivity contribution is 5.88. The number of rotatable bonds is 5. The number of nitrogens with one attached hydrogen (secondary N) is 1. The number of hydrogen-bond acceptors (Lipinski definition) is 3. The second kappa shape index (κ2) is 6.05. The first-order chi connectivity index (χ1) is 9.47. The first kappa shape index (κ1) is 14.5. The first-order valence-corrected chi connectivity index (χ1v) is 6.83. The molecule has 1 aromatic carbocycles. The van der Waals surface area contributed by atoms with Gasteiger partial charge in [-0.05, 0) is 23.3 Å². The third-order valence-corrected chi connectivity index (χ3v) is 3.42. The Morgan fingerprint density at radius 2 is 2.00 bits per heavy atom. The van der Waals surface area contributed by atoms with Gasteiger partial charge in [-0.2, -0.15) is 0 Å². The molecule has 0 radical (unpaired) electrons. The van der Waals surface area contributed by atoms with E-state index < -0.39 is 5.97 Å². The summed E-state index contributed by atoms with van der Waals surface area (Å²) in [6, 6.07) is 5.43. The molecule has 0 atom stereocenters. The van der Waals surface area contributed by atoms with Crippen LogP contribution in [0.3, 0.4) is 0 Å². The fourth-order valence-corrected chi connectivity index (χ4v) is 2.33. The molecule has 1 aliphatic heterocycles. The summed E-state index contributed by atoms with van der Waals surface area (Å²) in [5.41, 5.74) is 2.26. The number of carboxylic acid groups (broad SMARTS) is 1. The Morgan fingerprint density at radius 3 is 2.65 bits per heavy atom. The second-order valence-electron chi connectivity index (χ2n) is 5.40. The van der Waals surface area contributed by atoms with E-state index in [4.69, 9.17) is 5.11 Å². The summed E-state index contributed by atoms with van der Waals surface area (Å²) in [5, 5.41) is 12.2. The van der Waals surface area contributed by atoms with Crippen molar-refractivity contribution in [3.05, 3.63) is 34.9 Å². The van der Waals surface area contributed by atoms with Crippen molar-refractivity contribution >= 4 is 11.9 Å². The van der Waals surface area contributed by atoms with Gasteiger partial charge >= 0.3 is 5.97 Å². The zero-order valence-electron chi connectivity index (χ0n) is 11.8. The molecule has 0 bridgehead atoms. The Hall–Kier alpha value is -1.88. The van der Waals surface area contributed by atoms with Crippen molar-refractivity contribution in [3.63, 3.8) is 0 Å². The van der Waals surface area contributed by atoms with Crippen LogP contribution in [0.15, 0.2) is 18.2 Å². The monoisotopic (exact) mass is 276 g/mol. The van der Waals surface area contributed by atoms with Crippen molar-refractivity contribution in [1.82, 2.24) is 10.2 Å². The maximum absolute atomic E-state index is 12.1. The predicted molar refractivity (Wildman–Crippen MR) is 75.4 cm³/mol. The van der Waals surface area contributed by atoms with E-state index in [9.17, 15) is 9.59 Å². The highest BCUT2D eigenvalue weighted by Crippen LogP contribution is 2.24. The fourth-order valence-electron chi connectivity index (χ4n) is 2.33. The highest BCUT2D eigenvalue weighted by atomic mass is 16.4. The zero-order valence-corrected chi connectivity index (χ0v) is 11.8. The van der Waals surface area contributed by atoms with Crippen LogP contribution in [0.5, 0.6) is 0 Å². The quantitative estimate of drug-likeness (QED) is 0.857. The van der Waals surface area contributed by atoms with Crippen molar-refractivity contribution in [3.8, 4) is 0 Å². The Kier molecular flexibility index (Phi) is 4.39. The van der Waals surface area contributed by atoms with Gasteiger partial charge in [0.2, 0.25) is 5.91 Å². The van der Waals surface area contributed by atoms with Gasteiger partial charge in [-0.3, -0.25) is 4.79 Å². The molecule has 0 fully saturated rings. The number of carbonyl (C=O) groups excluding carboxylic acids is 1. The molecule has 5 nitrogen and oxygen atoms in total. The van der Waals surface area contributed by atoms with Gasteiger partial charge in [-0.1, -0.05) is 19.9 Å². The van der Waals surface area contributed by atoms with Crippen LogP contribution in [0.4, 0.5) is 0 Å². The number of benzene rings is 1. The third kappa shape index (κ3) is 3.36. The first-order valence-electron chi connectivity index (χ1n) is 6.83. The minimum absolute atomic E-state index is 0.103. The summed E-state index contributed by atoms with van der Waals surface area (Å²) < 4.78 is 0. The maximum Gasteiger partial charge on any atom is 0.335 e. The molecule has 0 spiro atoms. The molecule has 2 rings (SSSR count). The summed E-state index contributed by atoms with van der Waals surface area (Å²) >= 11 is 0. The Morgan fingerprint density at radius 1 is 1.30 bits per heavy atom. The van der Waals surface area contributed by atoms with Gasteiger partial charge in [0, 0.05) is 32.1 Å². The van der Waals surface area contributed by atoms with E-state index in [2.05, 4.69) is 5.32 Å². The van der Waals surface area contributed by atoms with E-state index >= 15 is 0 Å². The topological polar surface area (TPSA) is 69.6 Å². The number of carboxylic acids is 1. The molecule has 2 N–H and O–H groups in total. The summed E-state index contributed by atoms with van der Waals surface area (Å²) in [5.74, 6) is -0.829. The molecular weight excluding hydrogens is 256 g/mol. The van der Waals surface area contributed by atoms with Crippen LogP contribution in [0, 0.1) is 0 Å². The van der Waals surface area contributed by atoms with Crippen LogP contribution in [-0.2, 0) is 17.9 Å². The van der Waals surface area contributed by atoms with Crippen molar-refractivity contribution in [2.24, 2.45) is 0 Å². The lowest BCUT2D eigenvalue weighted by Crippen LogP contribution is -2.31. The average Bonchev–Trinajstić information content (AvgIpc) is 2.80. The highest BCUT2D eigenvalue weighted by Gasteiger charge is 2.23. The molecule has 1 aromatic rings. The average molecular weight is 276 g/mol. The van der Waals surface area contributed by atoms with E-state index in [1.165, 1.54) is 0 Å². The summed E-state index contributed by atoms with van der Waals surface area (Å²) in [6.45, 7) is 5.85. The minimum Gasteiger partial charge on any atom is -0.478 e. The van der Waals surface area contributed by atoms with Crippen molar-refractivity contribution in [1.29, 1.82) is 0 Å². The normalized spacial score (nSPS) is 13.7. The Labute approximate surface area is 118 Å². The van der Waals surface area contributed by atoms with Crippen molar-refractivity contribution in [2.75, 3.05) is 6.54 Å². The van der Waals surface area contributed by atoms with Gasteiger partial charge < -0.3 is 15.3 Å². The van der Waals surface area contributed by atoms with Crippen LogP contribution in [0.25, 0.3) is 0 Å². The molecule has 1 aliphatic rings. The lowest BCUT2D eigenvalue weighted by Gasteiger charge is -2.16. The number of nitrogens with zero attached hydrogens (tertiary/aromatic N) is 1. The number of carbonyl (C=O) groups is 2. The lowest BCUT2D eigenvalue weighted by atomic mass is 10.1. The van der Waals surface area contributed by atoms with E-state index in [1.807, 2.05) is 13.8 Å². The summed E-state index contributed by atoms with van der Waals surface area (Å²) in [4.78, 5) is 24.8. The van der Waals surface area contributed by atoms with Crippen LogP contribution in [0.2, 0.25) is 0 Å². The lowest BCUT2D eigenvalue weighted by molar-refractivity contribution is -0.131. The number of aromatic carboxylic acids is 1. The molecule has 1 heterocycles. The van der Waals surface area contributed by atoms with E-state index in [1.54, 1.807) is 23.1 Å². The van der Waals surface area contributed by atoms with Gasteiger partial charge in [0.25, 0.3) is 0 Å². The van der Waals surface area contributed by atoms with Crippen molar-refractivity contribution in [2.45, 2.75) is 39.4 Å². The van der Waals surface area contributed by atoms with Crippen LogP contribution >= 0.6 is 0 Å². The SMILES string of the molecule is CC(C)NCCC(=O)N1Cc2ccc(C(=O)O)cc2C1. The molecule has 0 saturated carbocycles.